The summed E-state index contributed by atoms with van der Waals surface area (Å²) >= 11 is 6.12. The largest absolute Gasteiger partial charge is 0.467 e. The van der Waals surface area contributed by atoms with Gasteiger partial charge in [0.2, 0.25) is 0 Å². The van der Waals surface area contributed by atoms with Gasteiger partial charge in [0, 0.05) is 24.7 Å². The van der Waals surface area contributed by atoms with Crippen LogP contribution in [0.1, 0.15) is 5.56 Å². The van der Waals surface area contributed by atoms with Crippen LogP contribution in [0.5, 0.6) is 0 Å². The van der Waals surface area contributed by atoms with E-state index in [1.807, 2.05) is 24.3 Å². The fourth-order valence-corrected chi connectivity index (χ4v) is 2.18. The molecule has 1 aliphatic rings. The summed E-state index contributed by atoms with van der Waals surface area (Å²) in [6.45, 7) is 2.58. The fraction of sp³-hybridized carbons (Fsp3) is 0.462. The van der Waals surface area contributed by atoms with E-state index < -0.39 is 6.10 Å². The van der Waals surface area contributed by atoms with Gasteiger partial charge in [0.25, 0.3) is 0 Å². The lowest BCUT2D eigenvalue weighted by Gasteiger charge is -2.31. The minimum Gasteiger partial charge on any atom is -0.467 e. The van der Waals surface area contributed by atoms with Crippen molar-refractivity contribution in [3.8, 4) is 0 Å². The third-order valence-electron chi connectivity index (χ3n) is 2.97. The zero-order valence-corrected chi connectivity index (χ0v) is 11.0. The van der Waals surface area contributed by atoms with Crippen molar-refractivity contribution in [2.75, 3.05) is 26.8 Å². The number of ether oxygens (including phenoxy) is 2. The van der Waals surface area contributed by atoms with Crippen molar-refractivity contribution in [1.82, 2.24) is 4.90 Å². The van der Waals surface area contributed by atoms with Crippen molar-refractivity contribution in [3.63, 3.8) is 0 Å². The number of carbonyl (C=O) groups is 1. The monoisotopic (exact) mass is 269 g/mol. The summed E-state index contributed by atoms with van der Waals surface area (Å²) in [7, 11) is 1.37. The van der Waals surface area contributed by atoms with Crippen molar-refractivity contribution in [3.05, 3.63) is 34.9 Å². The number of hydrogen-bond acceptors (Lipinski definition) is 4. The predicted molar refractivity (Wildman–Crippen MR) is 68.5 cm³/mol. The molecule has 1 heterocycles. The van der Waals surface area contributed by atoms with Crippen molar-refractivity contribution in [2.45, 2.75) is 12.6 Å². The molecule has 0 amide bonds. The molecular weight excluding hydrogens is 254 g/mol. The molecule has 0 bridgehead atoms. The minimum atomic E-state index is -0.494. The molecule has 2 rings (SSSR count). The second kappa shape index (κ2) is 6.18. The van der Waals surface area contributed by atoms with Gasteiger partial charge in [0.15, 0.2) is 6.10 Å². The molecule has 1 fully saturated rings. The first-order valence-electron chi connectivity index (χ1n) is 5.86. The molecule has 0 spiro atoms. The Kier molecular flexibility index (Phi) is 4.58. The smallest absolute Gasteiger partial charge is 0.336 e. The zero-order valence-electron chi connectivity index (χ0n) is 10.3. The number of methoxy groups -OCH3 is 1. The number of halogens is 1. The van der Waals surface area contributed by atoms with Crippen molar-refractivity contribution in [2.24, 2.45) is 0 Å². The van der Waals surface area contributed by atoms with Crippen LogP contribution in [0.3, 0.4) is 0 Å². The molecule has 5 heteroatoms. The highest BCUT2D eigenvalue weighted by atomic mass is 35.5. The highest BCUT2D eigenvalue weighted by Gasteiger charge is 2.27. The van der Waals surface area contributed by atoms with Crippen LogP contribution in [0.2, 0.25) is 5.02 Å². The van der Waals surface area contributed by atoms with Crippen LogP contribution in [0.15, 0.2) is 24.3 Å². The van der Waals surface area contributed by atoms with E-state index in [4.69, 9.17) is 21.1 Å². The molecule has 0 aliphatic carbocycles. The first-order valence-corrected chi connectivity index (χ1v) is 6.23. The molecule has 1 atom stereocenters. The molecule has 0 aromatic heterocycles. The third-order valence-corrected chi connectivity index (χ3v) is 3.34. The van der Waals surface area contributed by atoms with Gasteiger partial charge in [0.05, 0.1) is 13.7 Å². The Bertz CT molecular complexity index is 424. The lowest BCUT2D eigenvalue weighted by Crippen LogP contribution is -2.46. The standard InChI is InChI=1S/C13H16ClNO3/c1-17-13(16)12-9-15(6-7-18-12)8-10-4-2-3-5-11(10)14/h2-5,12H,6-9H2,1H3. The van der Waals surface area contributed by atoms with Crippen LogP contribution < -0.4 is 0 Å². The number of hydrogen-bond donors (Lipinski definition) is 0. The fourth-order valence-electron chi connectivity index (χ4n) is 1.99. The summed E-state index contributed by atoms with van der Waals surface area (Å²) < 4.78 is 10.1. The first-order chi connectivity index (χ1) is 8.70. The van der Waals surface area contributed by atoms with Crippen LogP contribution in [0, 0.1) is 0 Å². The Balaban J connectivity index is 1.98. The summed E-state index contributed by atoms with van der Waals surface area (Å²) in [6, 6.07) is 7.72. The Morgan fingerprint density at radius 3 is 3.06 bits per heavy atom. The molecule has 0 radical (unpaired) electrons. The molecule has 4 nitrogen and oxygen atoms in total. The maximum absolute atomic E-state index is 11.4. The van der Waals surface area contributed by atoms with E-state index in [1.54, 1.807) is 0 Å². The van der Waals surface area contributed by atoms with E-state index >= 15 is 0 Å². The van der Waals surface area contributed by atoms with Gasteiger partial charge in [-0.05, 0) is 11.6 Å². The number of benzene rings is 1. The Morgan fingerprint density at radius 1 is 1.56 bits per heavy atom. The van der Waals surface area contributed by atoms with E-state index in [0.29, 0.717) is 13.2 Å². The number of esters is 1. The first kappa shape index (κ1) is 13.3. The molecule has 0 N–H and O–H groups in total. The lowest BCUT2D eigenvalue weighted by molar-refractivity contribution is -0.160. The van der Waals surface area contributed by atoms with Gasteiger partial charge in [0.1, 0.15) is 0 Å². The molecule has 18 heavy (non-hydrogen) atoms. The predicted octanol–water partition coefficient (Wildman–Crippen LogP) is 1.71. The van der Waals surface area contributed by atoms with Gasteiger partial charge in [-0.1, -0.05) is 29.8 Å². The van der Waals surface area contributed by atoms with E-state index in [9.17, 15) is 4.79 Å². The summed E-state index contributed by atoms with van der Waals surface area (Å²) in [4.78, 5) is 13.6. The Morgan fingerprint density at radius 2 is 2.33 bits per heavy atom. The second-order valence-electron chi connectivity index (χ2n) is 4.21. The highest BCUT2D eigenvalue weighted by Crippen LogP contribution is 2.18. The van der Waals surface area contributed by atoms with Gasteiger partial charge in [-0.2, -0.15) is 0 Å². The number of nitrogens with zero attached hydrogens (tertiary/aromatic N) is 1. The maximum atomic E-state index is 11.4. The van der Waals surface area contributed by atoms with Gasteiger partial charge in [-0.25, -0.2) is 4.79 Å². The molecule has 1 saturated heterocycles. The van der Waals surface area contributed by atoms with Gasteiger partial charge >= 0.3 is 5.97 Å². The molecule has 1 unspecified atom stereocenters. The van der Waals surface area contributed by atoms with E-state index in [1.165, 1.54) is 7.11 Å². The van der Waals surface area contributed by atoms with Crippen LogP contribution in [-0.4, -0.2) is 43.8 Å². The van der Waals surface area contributed by atoms with Gasteiger partial charge in [-0.3, -0.25) is 4.90 Å². The molecular formula is C13H16ClNO3. The van der Waals surface area contributed by atoms with Gasteiger partial charge in [-0.15, -0.1) is 0 Å². The highest BCUT2D eigenvalue weighted by molar-refractivity contribution is 6.31. The van der Waals surface area contributed by atoms with Crippen molar-refractivity contribution >= 4 is 17.6 Å². The maximum Gasteiger partial charge on any atom is 0.336 e. The third kappa shape index (κ3) is 3.22. The number of morpholine rings is 1. The molecule has 1 aliphatic heterocycles. The zero-order chi connectivity index (χ0) is 13.0. The van der Waals surface area contributed by atoms with Crippen molar-refractivity contribution < 1.29 is 14.3 Å². The molecule has 1 aromatic carbocycles. The van der Waals surface area contributed by atoms with Crippen LogP contribution >= 0.6 is 11.6 Å². The van der Waals surface area contributed by atoms with E-state index in [2.05, 4.69) is 4.90 Å². The lowest BCUT2D eigenvalue weighted by atomic mass is 10.2. The minimum absolute atomic E-state index is 0.321. The molecule has 0 saturated carbocycles. The second-order valence-corrected chi connectivity index (χ2v) is 4.62. The normalized spacial score (nSPS) is 20.7. The van der Waals surface area contributed by atoms with Crippen LogP contribution in [-0.2, 0) is 20.8 Å². The van der Waals surface area contributed by atoms with E-state index in [-0.39, 0.29) is 5.97 Å². The topological polar surface area (TPSA) is 38.8 Å². The summed E-state index contributed by atoms with van der Waals surface area (Å²) in [5.41, 5.74) is 1.06. The SMILES string of the molecule is COC(=O)C1CN(Cc2ccccc2Cl)CCO1. The van der Waals surface area contributed by atoms with E-state index in [0.717, 1.165) is 23.7 Å². The number of carbonyl (C=O) groups excluding carboxylic acids is 1. The summed E-state index contributed by atoms with van der Waals surface area (Å²) in [6.07, 6.45) is -0.494. The average molecular weight is 270 g/mol. The van der Waals surface area contributed by atoms with Crippen LogP contribution in [0.25, 0.3) is 0 Å². The average Bonchev–Trinajstić information content (AvgIpc) is 2.41. The summed E-state index contributed by atoms with van der Waals surface area (Å²) in [5, 5.41) is 0.749. The summed E-state index contributed by atoms with van der Waals surface area (Å²) in [5.74, 6) is -0.321. The van der Waals surface area contributed by atoms with Crippen LogP contribution in [0.4, 0.5) is 0 Å². The number of rotatable bonds is 3. The Hall–Kier alpha value is -1.10. The molecule has 98 valence electrons. The Labute approximate surface area is 111 Å². The van der Waals surface area contributed by atoms with Crippen molar-refractivity contribution in [1.29, 1.82) is 0 Å². The molecule has 1 aromatic rings. The van der Waals surface area contributed by atoms with Gasteiger partial charge < -0.3 is 9.47 Å². The quantitative estimate of drug-likeness (QED) is 0.783.